The molecule has 0 spiro atoms. The molecule has 0 saturated carbocycles. The SMILES string of the molecule is Cc1ccc(-c2cc(C)cc[n+]2Cc2c[n+]3ccccc3c3ccccc23)c(C)c1. The lowest BCUT2D eigenvalue weighted by Gasteiger charge is -2.10. The molecule has 2 aromatic carbocycles. The zero-order valence-corrected chi connectivity index (χ0v) is 17.8. The summed E-state index contributed by atoms with van der Waals surface area (Å²) in [6.07, 6.45) is 6.63. The van der Waals surface area contributed by atoms with E-state index in [1.165, 1.54) is 49.8 Å². The number of nitrogens with zero attached hydrogens (tertiary/aromatic N) is 2. The van der Waals surface area contributed by atoms with Gasteiger partial charge in [-0.15, -0.1) is 0 Å². The zero-order valence-electron chi connectivity index (χ0n) is 17.8. The van der Waals surface area contributed by atoms with Crippen LogP contribution in [0.3, 0.4) is 0 Å². The topological polar surface area (TPSA) is 7.98 Å². The highest BCUT2D eigenvalue weighted by Gasteiger charge is 2.20. The van der Waals surface area contributed by atoms with Gasteiger partial charge in [0.05, 0.1) is 10.9 Å². The Labute approximate surface area is 177 Å². The van der Waals surface area contributed by atoms with Crippen LogP contribution in [0.5, 0.6) is 0 Å². The lowest BCUT2D eigenvalue weighted by atomic mass is 10.0. The van der Waals surface area contributed by atoms with Crippen molar-refractivity contribution in [3.05, 3.63) is 114 Å². The predicted molar refractivity (Wildman–Crippen MR) is 122 cm³/mol. The van der Waals surface area contributed by atoms with Crippen molar-refractivity contribution < 1.29 is 8.97 Å². The Morgan fingerprint density at radius 1 is 0.700 bits per heavy atom. The summed E-state index contributed by atoms with van der Waals surface area (Å²) < 4.78 is 4.62. The standard InChI is InChI=1S/C28H26N2/c1-20-11-12-24(22(3)16-20)28-17-21(2)13-15-30(28)19-23-18-29-14-7-6-10-27(29)26-9-5-4-8-25(23)26/h4-18H,19H2,1-3H3/q+2. The van der Waals surface area contributed by atoms with Crippen LogP contribution < -0.4 is 8.97 Å². The fraction of sp³-hybridized carbons (Fsp3) is 0.143. The average Bonchev–Trinajstić information content (AvgIpc) is 2.75. The summed E-state index contributed by atoms with van der Waals surface area (Å²) >= 11 is 0. The van der Waals surface area contributed by atoms with Gasteiger partial charge in [-0.2, -0.15) is 8.97 Å². The van der Waals surface area contributed by atoms with Crippen LogP contribution in [-0.4, -0.2) is 0 Å². The Balaban J connectivity index is 1.71. The summed E-state index contributed by atoms with van der Waals surface area (Å²) in [4.78, 5) is 0. The van der Waals surface area contributed by atoms with Gasteiger partial charge in [-0.1, -0.05) is 35.9 Å². The van der Waals surface area contributed by atoms with Crippen LogP contribution in [0, 0.1) is 20.8 Å². The summed E-state index contributed by atoms with van der Waals surface area (Å²) in [6, 6.07) is 26.3. The molecule has 0 bridgehead atoms. The fourth-order valence-corrected chi connectivity index (χ4v) is 4.44. The first-order valence-corrected chi connectivity index (χ1v) is 10.5. The largest absolute Gasteiger partial charge is 0.218 e. The molecule has 5 aromatic rings. The van der Waals surface area contributed by atoms with Gasteiger partial charge in [0, 0.05) is 35.2 Å². The first-order valence-electron chi connectivity index (χ1n) is 10.5. The quantitative estimate of drug-likeness (QED) is 0.284. The summed E-state index contributed by atoms with van der Waals surface area (Å²) in [5, 5.41) is 2.60. The van der Waals surface area contributed by atoms with Crippen LogP contribution in [0.1, 0.15) is 22.3 Å². The maximum Gasteiger partial charge on any atom is 0.218 e. The summed E-state index contributed by atoms with van der Waals surface area (Å²) in [5.74, 6) is 0. The highest BCUT2D eigenvalue weighted by molar-refractivity contribution is 5.95. The van der Waals surface area contributed by atoms with Crippen LogP contribution in [0.15, 0.2) is 91.4 Å². The molecule has 0 radical (unpaired) electrons. The molecule has 2 heteroatoms. The maximum atomic E-state index is 2.38. The van der Waals surface area contributed by atoms with Gasteiger partial charge in [0.1, 0.15) is 0 Å². The van der Waals surface area contributed by atoms with Crippen molar-refractivity contribution in [1.82, 2.24) is 0 Å². The third-order valence-electron chi connectivity index (χ3n) is 5.92. The van der Waals surface area contributed by atoms with E-state index in [9.17, 15) is 0 Å². The first-order chi connectivity index (χ1) is 14.6. The number of rotatable bonds is 3. The number of pyridine rings is 3. The van der Waals surface area contributed by atoms with Gasteiger partial charge < -0.3 is 0 Å². The lowest BCUT2D eigenvalue weighted by molar-refractivity contribution is -0.678. The Hall–Kier alpha value is -3.52. The number of benzene rings is 2. The molecule has 0 aliphatic carbocycles. The van der Waals surface area contributed by atoms with Crippen LogP contribution in [0.2, 0.25) is 0 Å². The van der Waals surface area contributed by atoms with Gasteiger partial charge in [0.25, 0.3) is 0 Å². The smallest absolute Gasteiger partial charge is 0.194 e. The van der Waals surface area contributed by atoms with Crippen LogP contribution in [0.4, 0.5) is 0 Å². The van der Waals surface area contributed by atoms with Gasteiger partial charge in [-0.25, -0.2) is 0 Å². The van der Waals surface area contributed by atoms with E-state index in [-0.39, 0.29) is 0 Å². The van der Waals surface area contributed by atoms with Gasteiger partial charge >= 0.3 is 0 Å². The molecule has 0 fully saturated rings. The minimum absolute atomic E-state index is 0.821. The van der Waals surface area contributed by atoms with Gasteiger partial charge in [-0.05, 0) is 50.1 Å². The minimum atomic E-state index is 0.821. The maximum absolute atomic E-state index is 2.38. The number of fused-ring (bicyclic) bond motifs is 3. The Kier molecular flexibility index (Phi) is 4.55. The van der Waals surface area contributed by atoms with E-state index in [1.54, 1.807) is 0 Å². The molecular weight excluding hydrogens is 364 g/mol. The van der Waals surface area contributed by atoms with Crippen molar-refractivity contribution in [3.8, 4) is 11.3 Å². The lowest BCUT2D eigenvalue weighted by Crippen LogP contribution is -2.38. The fourth-order valence-electron chi connectivity index (χ4n) is 4.44. The Morgan fingerprint density at radius 2 is 1.47 bits per heavy atom. The third-order valence-corrected chi connectivity index (χ3v) is 5.92. The van der Waals surface area contributed by atoms with Crippen molar-refractivity contribution in [2.75, 3.05) is 0 Å². The molecular formula is C28H26N2+2. The molecule has 3 heterocycles. The first kappa shape index (κ1) is 18.5. The second kappa shape index (κ2) is 7.38. The summed E-state index contributed by atoms with van der Waals surface area (Å²) in [7, 11) is 0. The van der Waals surface area contributed by atoms with Gasteiger partial charge in [0.2, 0.25) is 11.2 Å². The van der Waals surface area contributed by atoms with Crippen molar-refractivity contribution in [2.24, 2.45) is 0 Å². The van der Waals surface area contributed by atoms with Crippen molar-refractivity contribution in [3.63, 3.8) is 0 Å². The molecule has 2 nitrogen and oxygen atoms in total. The number of aromatic nitrogens is 2. The molecule has 0 amide bonds. The average molecular weight is 391 g/mol. The van der Waals surface area contributed by atoms with Crippen molar-refractivity contribution in [2.45, 2.75) is 27.3 Å². The molecule has 0 aliphatic heterocycles. The second-order valence-corrected chi connectivity index (χ2v) is 8.23. The van der Waals surface area contributed by atoms with Crippen LogP contribution in [0.25, 0.3) is 27.5 Å². The molecule has 30 heavy (non-hydrogen) atoms. The third kappa shape index (κ3) is 3.25. The van der Waals surface area contributed by atoms with Crippen LogP contribution in [-0.2, 0) is 6.54 Å². The highest BCUT2D eigenvalue weighted by Crippen LogP contribution is 2.24. The number of hydrogen-bond acceptors (Lipinski definition) is 0. The Morgan fingerprint density at radius 3 is 2.30 bits per heavy atom. The van der Waals surface area contributed by atoms with E-state index in [2.05, 4.69) is 121 Å². The number of aryl methyl sites for hydroxylation is 3. The van der Waals surface area contributed by atoms with E-state index in [1.807, 2.05) is 0 Å². The molecule has 0 saturated heterocycles. The molecule has 5 rings (SSSR count). The van der Waals surface area contributed by atoms with E-state index in [4.69, 9.17) is 0 Å². The normalized spacial score (nSPS) is 11.3. The second-order valence-electron chi connectivity index (χ2n) is 8.23. The molecule has 3 aromatic heterocycles. The monoisotopic (exact) mass is 390 g/mol. The van der Waals surface area contributed by atoms with E-state index in [0.29, 0.717) is 0 Å². The van der Waals surface area contributed by atoms with E-state index >= 15 is 0 Å². The van der Waals surface area contributed by atoms with Crippen molar-refractivity contribution in [1.29, 1.82) is 0 Å². The summed E-state index contributed by atoms with van der Waals surface area (Å²) in [6.45, 7) is 7.34. The molecule has 0 unspecified atom stereocenters. The van der Waals surface area contributed by atoms with E-state index < -0.39 is 0 Å². The zero-order chi connectivity index (χ0) is 20.7. The van der Waals surface area contributed by atoms with Gasteiger partial charge in [0.15, 0.2) is 25.1 Å². The van der Waals surface area contributed by atoms with Crippen molar-refractivity contribution >= 4 is 16.3 Å². The molecule has 0 atom stereocenters. The molecule has 0 aliphatic rings. The predicted octanol–water partition coefficient (Wildman–Crippen LogP) is 5.51. The molecule has 0 N–H and O–H groups in total. The van der Waals surface area contributed by atoms with Crippen LogP contribution >= 0.6 is 0 Å². The molecule has 146 valence electrons. The summed E-state index contributed by atoms with van der Waals surface area (Å²) in [5.41, 5.74) is 8.99. The number of hydrogen-bond donors (Lipinski definition) is 0. The van der Waals surface area contributed by atoms with E-state index in [0.717, 1.165) is 6.54 Å². The van der Waals surface area contributed by atoms with Gasteiger partial charge in [-0.3, -0.25) is 0 Å². The highest BCUT2D eigenvalue weighted by atomic mass is 15.0. The minimum Gasteiger partial charge on any atom is -0.194 e. The Bertz CT molecular complexity index is 1400.